The molecule has 0 amide bonds. The number of Topliss-reactive ketones (excluding diaryl/α,β-unsaturated/α-hetero) is 1. The van der Waals surface area contributed by atoms with E-state index >= 15 is 0 Å². The average molecular weight is 640 g/mol. The van der Waals surface area contributed by atoms with E-state index in [1.165, 1.54) is 17.3 Å². The molecule has 0 aliphatic carbocycles. The van der Waals surface area contributed by atoms with E-state index in [-0.39, 0.29) is 5.78 Å². The molecule has 0 saturated heterocycles. The van der Waals surface area contributed by atoms with E-state index in [1.54, 1.807) is 18.7 Å². The van der Waals surface area contributed by atoms with Crippen molar-refractivity contribution in [2.75, 3.05) is 12.4 Å². The summed E-state index contributed by atoms with van der Waals surface area (Å²) in [5.41, 5.74) is 5.38. The summed E-state index contributed by atoms with van der Waals surface area (Å²) < 4.78 is 14.4. The minimum atomic E-state index is -0.507. The van der Waals surface area contributed by atoms with Gasteiger partial charge in [-0.1, -0.05) is 71.4 Å². The van der Waals surface area contributed by atoms with E-state index in [0.29, 0.717) is 50.0 Å². The van der Waals surface area contributed by atoms with Gasteiger partial charge < -0.3 is 14.8 Å². The number of ether oxygens (including phenoxy) is 2. The molecular formula is C30H28BrClN4O3S. The van der Waals surface area contributed by atoms with Crippen molar-refractivity contribution in [3.63, 3.8) is 0 Å². The molecule has 1 unspecified atom stereocenters. The van der Waals surface area contributed by atoms with Crippen molar-refractivity contribution in [1.29, 1.82) is 0 Å². The number of ketones is 1. The fourth-order valence-corrected chi connectivity index (χ4v) is 6.28. The molecule has 7 nitrogen and oxygen atoms in total. The molecule has 1 aliphatic rings. The second kappa shape index (κ2) is 12.1. The van der Waals surface area contributed by atoms with E-state index in [2.05, 4.69) is 40.3 Å². The summed E-state index contributed by atoms with van der Waals surface area (Å²) in [6.45, 7) is 5.88. The molecule has 0 bridgehead atoms. The lowest BCUT2D eigenvalue weighted by molar-refractivity contribution is -0.114. The maximum absolute atomic E-state index is 12.9. The molecule has 4 aromatic rings. The summed E-state index contributed by atoms with van der Waals surface area (Å²) in [6.07, 6.45) is 0. The minimum absolute atomic E-state index is 0.0591. The zero-order valence-electron chi connectivity index (χ0n) is 22.5. The molecule has 1 aromatic heterocycles. The predicted octanol–water partition coefficient (Wildman–Crippen LogP) is 7.76. The average Bonchev–Trinajstić information content (AvgIpc) is 3.33. The van der Waals surface area contributed by atoms with Crippen molar-refractivity contribution in [2.24, 2.45) is 0 Å². The first-order valence-electron chi connectivity index (χ1n) is 12.6. The van der Waals surface area contributed by atoms with Crippen molar-refractivity contribution < 1.29 is 14.3 Å². The number of anilines is 1. The van der Waals surface area contributed by atoms with Crippen LogP contribution >= 0.6 is 39.3 Å². The van der Waals surface area contributed by atoms with Gasteiger partial charge in [0.2, 0.25) is 11.1 Å². The summed E-state index contributed by atoms with van der Waals surface area (Å²) in [7, 11) is 1.60. The van der Waals surface area contributed by atoms with Crippen LogP contribution < -0.4 is 14.8 Å². The molecule has 5 rings (SSSR count). The number of fused-ring (bicyclic) bond motifs is 1. The highest BCUT2D eigenvalue weighted by Gasteiger charge is 2.34. The van der Waals surface area contributed by atoms with Crippen molar-refractivity contribution in [2.45, 2.75) is 44.3 Å². The van der Waals surface area contributed by atoms with Crippen LogP contribution in [0, 0.1) is 6.92 Å². The maximum atomic E-state index is 12.9. The number of rotatable bonds is 9. The largest absolute Gasteiger partial charge is 0.493 e. The highest BCUT2D eigenvalue weighted by molar-refractivity contribution is 9.10. The van der Waals surface area contributed by atoms with E-state index in [1.807, 2.05) is 55.5 Å². The van der Waals surface area contributed by atoms with Gasteiger partial charge >= 0.3 is 0 Å². The van der Waals surface area contributed by atoms with Crippen LogP contribution in [0.5, 0.6) is 11.5 Å². The van der Waals surface area contributed by atoms with Crippen molar-refractivity contribution >= 4 is 51.0 Å². The van der Waals surface area contributed by atoms with Gasteiger partial charge in [0.1, 0.15) is 12.6 Å². The number of halogens is 2. The Morgan fingerprint density at radius 2 is 1.90 bits per heavy atom. The molecule has 40 heavy (non-hydrogen) atoms. The fourth-order valence-electron chi connectivity index (χ4n) is 4.59. The molecule has 0 radical (unpaired) electrons. The van der Waals surface area contributed by atoms with Gasteiger partial charge in [-0.3, -0.25) is 4.79 Å². The second-order valence-corrected chi connectivity index (χ2v) is 11.7. The topological polar surface area (TPSA) is 78.3 Å². The number of hydrogen-bond donors (Lipinski definition) is 1. The van der Waals surface area contributed by atoms with E-state index < -0.39 is 6.04 Å². The third-order valence-electron chi connectivity index (χ3n) is 6.60. The number of carbonyl (C=O) groups excluding carboxylic acids is 1. The lowest BCUT2D eigenvalue weighted by Crippen LogP contribution is -2.28. The van der Waals surface area contributed by atoms with Gasteiger partial charge in [-0.2, -0.15) is 4.98 Å². The second-order valence-electron chi connectivity index (χ2n) is 9.47. The van der Waals surface area contributed by atoms with Crippen molar-refractivity contribution in [3.05, 3.63) is 104 Å². The Morgan fingerprint density at radius 3 is 2.60 bits per heavy atom. The number of thioether (sulfide) groups is 1. The standard InChI is InChI=1S/C30H28BrClN4O3S/c1-17-9-11-20(12-10-17)15-39-28-23(31)13-22(14-25(28)38-4)27-26(19(3)37)18(2)33-29-34-30(35-36(27)29)40-16-21-7-5-6-8-24(21)32/h5-14,27H,15-16H2,1-4H3,(H,33,34,35). The van der Waals surface area contributed by atoms with Gasteiger partial charge in [0.05, 0.1) is 11.6 Å². The zero-order valence-corrected chi connectivity index (χ0v) is 25.7. The first-order valence-corrected chi connectivity index (χ1v) is 14.8. The SMILES string of the molecule is COc1cc(C2C(C(C)=O)=C(C)Nc3nc(SCc4ccccc4Cl)nn32)cc(Br)c1OCc1ccc(C)cc1. The quantitative estimate of drug-likeness (QED) is 0.188. The number of nitrogens with one attached hydrogen (secondary N) is 1. The number of aryl methyl sites for hydroxylation is 1. The van der Waals surface area contributed by atoms with Gasteiger partial charge in [0.25, 0.3) is 0 Å². The smallest absolute Gasteiger partial charge is 0.227 e. The Kier molecular flexibility index (Phi) is 8.54. The van der Waals surface area contributed by atoms with Crippen LogP contribution in [-0.4, -0.2) is 27.7 Å². The first-order chi connectivity index (χ1) is 19.2. The molecule has 206 valence electrons. The molecule has 0 saturated carbocycles. The van der Waals surface area contributed by atoms with E-state index in [4.69, 9.17) is 31.2 Å². The van der Waals surface area contributed by atoms with Gasteiger partial charge in [0.15, 0.2) is 17.3 Å². The normalized spacial score (nSPS) is 14.5. The molecular weight excluding hydrogens is 612 g/mol. The molecule has 3 aromatic carbocycles. The molecule has 1 aliphatic heterocycles. The maximum Gasteiger partial charge on any atom is 0.227 e. The third-order valence-corrected chi connectivity index (χ3v) is 8.44. The van der Waals surface area contributed by atoms with E-state index in [9.17, 15) is 4.79 Å². The summed E-state index contributed by atoms with van der Waals surface area (Å²) in [5, 5.41) is 9.34. The van der Waals surface area contributed by atoms with Crippen LogP contribution in [0.15, 0.2) is 81.6 Å². The number of carbonyl (C=O) groups is 1. The molecule has 0 fully saturated rings. The predicted molar refractivity (Wildman–Crippen MR) is 162 cm³/mol. The number of hydrogen-bond acceptors (Lipinski definition) is 7. The highest BCUT2D eigenvalue weighted by Crippen LogP contribution is 2.43. The van der Waals surface area contributed by atoms with Gasteiger partial charge in [-0.25, -0.2) is 4.68 Å². The van der Waals surface area contributed by atoms with Crippen molar-refractivity contribution in [1.82, 2.24) is 14.8 Å². The number of nitrogens with zero attached hydrogens (tertiary/aromatic N) is 3. The minimum Gasteiger partial charge on any atom is -0.493 e. The molecule has 1 atom stereocenters. The van der Waals surface area contributed by atoms with Crippen LogP contribution in [0.3, 0.4) is 0 Å². The molecule has 1 N–H and O–H groups in total. The van der Waals surface area contributed by atoms with Crippen LogP contribution in [0.4, 0.5) is 5.95 Å². The molecule has 2 heterocycles. The Morgan fingerprint density at radius 1 is 1.15 bits per heavy atom. The summed E-state index contributed by atoms with van der Waals surface area (Å²) in [4.78, 5) is 17.6. The van der Waals surface area contributed by atoms with Crippen molar-refractivity contribution in [3.8, 4) is 11.5 Å². The fraction of sp³-hybridized carbons (Fsp3) is 0.233. The van der Waals surface area contributed by atoms with E-state index in [0.717, 1.165) is 22.4 Å². The monoisotopic (exact) mass is 638 g/mol. The lowest BCUT2D eigenvalue weighted by Gasteiger charge is -2.28. The van der Waals surface area contributed by atoms with Crippen LogP contribution in [0.2, 0.25) is 5.02 Å². The lowest BCUT2D eigenvalue weighted by atomic mass is 9.93. The number of aromatic nitrogens is 3. The van der Waals surface area contributed by atoms with Gasteiger partial charge in [-0.15, -0.1) is 5.10 Å². The Labute approximate surface area is 251 Å². The Hall–Kier alpha value is -3.27. The first kappa shape index (κ1) is 28.3. The number of methoxy groups -OCH3 is 1. The zero-order chi connectivity index (χ0) is 28.4. The third kappa shape index (κ3) is 5.92. The number of benzene rings is 3. The van der Waals surface area contributed by atoms with Gasteiger partial charge in [-0.05, 0) is 71.6 Å². The van der Waals surface area contributed by atoms with Crippen LogP contribution in [0.25, 0.3) is 0 Å². The summed E-state index contributed by atoms with van der Waals surface area (Å²) >= 11 is 11.5. The molecule has 10 heteroatoms. The van der Waals surface area contributed by atoms with Crippen LogP contribution in [0.1, 0.15) is 42.1 Å². The summed E-state index contributed by atoms with van der Waals surface area (Å²) in [5.74, 6) is 2.25. The van der Waals surface area contributed by atoms with Crippen LogP contribution in [-0.2, 0) is 17.2 Å². The molecule has 0 spiro atoms. The summed E-state index contributed by atoms with van der Waals surface area (Å²) in [6, 6.07) is 19.2. The Bertz CT molecular complexity index is 1600. The Balaban J connectivity index is 1.48. The highest BCUT2D eigenvalue weighted by atomic mass is 79.9. The van der Waals surface area contributed by atoms with Gasteiger partial charge in [0, 0.05) is 22.0 Å². The number of allylic oxidation sites excluding steroid dienone is 2.